The molecule has 0 aromatic carbocycles. The zero-order chi connectivity index (χ0) is 13.1. The Morgan fingerprint density at radius 2 is 2.33 bits per heavy atom. The minimum Gasteiger partial charge on any atom is -0.343 e. The molecular weight excluding hydrogens is 253 g/mol. The summed E-state index contributed by atoms with van der Waals surface area (Å²) in [7, 11) is 0. The van der Waals surface area contributed by atoms with Gasteiger partial charge in [0.2, 0.25) is 5.95 Å². The second kappa shape index (κ2) is 5.22. The Hall–Kier alpha value is -1.82. The molecule has 0 spiro atoms. The molecule has 94 valence electrons. The van der Waals surface area contributed by atoms with E-state index in [4.69, 9.17) is 0 Å². The first kappa shape index (κ1) is 12.6. The van der Waals surface area contributed by atoms with Gasteiger partial charge in [0, 0.05) is 17.3 Å². The van der Waals surface area contributed by atoms with Crippen molar-refractivity contribution in [2.45, 2.75) is 19.9 Å². The number of hydrogen-bond acceptors (Lipinski definition) is 4. The van der Waals surface area contributed by atoms with E-state index in [0.29, 0.717) is 0 Å². The molecule has 1 N–H and O–H groups in total. The molecule has 0 saturated heterocycles. The van der Waals surface area contributed by atoms with Gasteiger partial charge in [0.15, 0.2) is 0 Å². The van der Waals surface area contributed by atoms with Gasteiger partial charge in [0.25, 0.3) is 5.91 Å². The number of carbonyl (C=O) groups is 1. The third-order valence-electron chi connectivity index (χ3n) is 2.36. The Morgan fingerprint density at radius 1 is 1.56 bits per heavy atom. The molecule has 6 heteroatoms. The molecule has 0 aliphatic rings. The summed E-state index contributed by atoms with van der Waals surface area (Å²) >= 11 is 1.46. The fourth-order valence-corrected chi connectivity index (χ4v) is 2.27. The van der Waals surface area contributed by atoms with Crippen LogP contribution in [0.2, 0.25) is 0 Å². The summed E-state index contributed by atoms with van der Waals surface area (Å²) < 4.78 is 13.3. The quantitative estimate of drug-likeness (QED) is 0.867. The molecule has 0 aliphatic heterocycles. The standard InChI is InChI=1S/C12H12FN3OS/c1-7-6-18-12(15-7)8(2)16-11(17)9-4-3-5-14-10(9)13/h3-6,8H,1-2H3,(H,16,17). The molecule has 4 nitrogen and oxygen atoms in total. The SMILES string of the molecule is Cc1csc(C(C)NC(=O)c2cccnc2F)n1. The first-order valence-electron chi connectivity index (χ1n) is 5.41. The van der Waals surface area contributed by atoms with E-state index in [1.165, 1.54) is 29.7 Å². The first-order chi connectivity index (χ1) is 8.58. The van der Waals surface area contributed by atoms with E-state index in [9.17, 15) is 9.18 Å². The average molecular weight is 265 g/mol. The highest BCUT2D eigenvalue weighted by atomic mass is 32.1. The number of pyridine rings is 1. The lowest BCUT2D eigenvalue weighted by Gasteiger charge is -2.11. The van der Waals surface area contributed by atoms with Crippen molar-refractivity contribution in [3.05, 3.63) is 45.9 Å². The summed E-state index contributed by atoms with van der Waals surface area (Å²) in [4.78, 5) is 19.6. The summed E-state index contributed by atoms with van der Waals surface area (Å²) in [5.74, 6) is -1.25. The highest BCUT2D eigenvalue weighted by Gasteiger charge is 2.17. The van der Waals surface area contributed by atoms with E-state index in [1.54, 1.807) is 0 Å². The predicted molar refractivity (Wildman–Crippen MR) is 66.9 cm³/mol. The van der Waals surface area contributed by atoms with Crippen molar-refractivity contribution in [1.29, 1.82) is 0 Å². The van der Waals surface area contributed by atoms with Crippen molar-refractivity contribution in [2.24, 2.45) is 0 Å². The lowest BCUT2D eigenvalue weighted by molar-refractivity contribution is 0.0935. The van der Waals surface area contributed by atoms with E-state index in [1.807, 2.05) is 19.2 Å². The van der Waals surface area contributed by atoms with Gasteiger partial charge in [-0.1, -0.05) is 0 Å². The fraction of sp³-hybridized carbons (Fsp3) is 0.250. The number of thiazole rings is 1. The van der Waals surface area contributed by atoms with Crippen LogP contribution in [0, 0.1) is 12.9 Å². The number of hydrogen-bond donors (Lipinski definition) is 1. The van der Waals surface area contributed by atoms with Crippen LogP contribution < -0.4 is 5.32 Å². The highest BCUT2D eigenvalue weighted by Crippen LogP contribution is 2.18. The molecule has 2 aromatic rings. The van der Waals surface area contributed by atoms with Crippen LogP contribution in [0.1, 0.15) is 34.0 Å². The van der Waals surface area contributed by atoms with Crippen molar-refractivity contribution < 1.29 is 9.18 Å². The molecular formula is C12H12FN3OS. The van der Waals surface area contributed by atoms with Gasteiger partial charge in [-0.05, 0) is 26.0 Å². The Labute approximate surface area is 108 Å². The summed E-state index contributed by atoms with van der Waals surface area (Å²) in [6.07, 6.45) is 1.31. The van der Waals surface area contributed by atoms with Crippen LogP contribution >= 0.6 is 11.3 Å². The maximum Gasteiger partial charge on any atom is 0.256 e. The van der Waals surface area contributed by atoms with Crippen molar-refractivity contribution >= 4 is 17.2 Å². The van der Waals surface area contributed by atoms with Crippen molar-refractivity contribution in [2.75, 3.05) is 0 Å². The first-order valence-corrected chi connectivity index (χ1v) is 6.29. The third-order valence-corrected chi connectivity index (χ3v) is 3.50. The average Bonchev–Trinajstić information content (AvgIpc) is 2.76. The van der Waals surface area contributed by atoms with Crippen molar-refractivity contribution in [1.82, 2.24) is 15.3 Å². The molecule has 2 aromatic heterocycles. The van der Waals surface area contributed by atoms with Gasteiger partial charge in [-0.3, -0.25) is 4.79 Å². The molecule has 18 heavy (non-hydrogen) atoms. The third kappa shape index (κ3) is 2.70. The second-order valence-corrected chi connectivity index (χ2v) is 4.75. The molecule has 1 amide bonds. The van der Waals surface area contributed by atoms with Crippen LogP contribution in [0.25, 0.3) is 0 Å². The number of aromatic nitrogens is 2. The van der Waals surface area contributed by atoms with Crippen LogP contribution in [0.15, 0.2) is 23.7 Å². The van der Waals surface area contributed by atoms with Gasteiger partial charge >= 0.3 is 0 Å². The molecule has 2 rings (SSSR count). The Bertz CT molecular complexity index is 570. The summed E-state index contributed by atoms with van der Waals surface area (Å²) in [6, 6.07) is 2.67. The Kier molecular flexibility index (Phi) is 3.66. The number of aryl methyl sites for hydroxylation is 1. The molecule has 2 heterocycles. The molecule has 1 unspecified atom stereocenters. The highest BCUT2D eigenvalue weighted by molar-refractivity contribution is 7.09. The normalized spacial score (nSPS) is 12.2. The number of carbonyl (C=O) groups excluding carboxylic acids is 1. The van der Waals surface area contributed by atoms with Crippen LogP contribution in [-0.4, -0.2) is 15.9 Å². The van der Waals surface area contributed by atoms with Gasteiger partial charge in [-0.25, -0.2) is 9.97 Å². The minimum atomic E-state index is -0.766. The zero-order valence-electron chi connectivity index (χ0n) is 9.98. The lowest BCUT2D eigenvalue weighted by Crippen LogP contribution is -2.27. The van der Waals surface area contributed by atoms with E-state index < -0.39 is 11.9 Å². The summed E-state index contributed by atoms with van der Waals surface area (Å²) in [6.45, 7) is 3.69. The molecule has 0 saturated carbocycles. The van der Waals surface area contributed by atoms with Gasteiger partial charge in [0.1, 0.15) is 5.01 Å². The van der Waals surface area contributed by atoms with E-state index in [0.717, 1.165) is 10.7 Å². The molecule has 0 bridgehead atoms. The summed E-state index contributed by atoms with van der Waals surface area (Å²) in [5.41, 5.74) is 0.848. The number of rotatable bonds is 3. The number of nitrogens with zero attached hydrogens (tertiary/aromatic N) is 2. The van der Waals surface area contributed by atoms with Gasteiger partial charge in [-0.2, -0.15) is 4.39 Å². The zero-order valence-corrected chi connectivity index (χ0v) is 10.8. The van der Waals surface area contributed by atoms with Crippen molar-refractivity contribution in [3.8, 4) is 0 Å². The van der Waals surface area contributed by atoms with Crippen LogP contribution in [0.4, 0.5) is 4.39 Å². The lowest BCUT2D eigenvalue weighted by atomic mass is 10.2. The van der Waals surface area contributed by atoms with E-state index >= 15 is 0 Å². The Morgan fingerprint density at radius 3 is 2.94 bits per heavy atom. The predicted octanol–water partition coefficient (Wildman–Crippen LogP) is 2.48. The van der Waals surface area contributed by atoms with E-state index in [-0.39, 0.29) is 11.6 Å². The van der Waals surface area contributed by atoms with Crippen molar-refractivity contribution in [3.63, 3.8) is 0 Å². The number of amides is 1. The molecule has 1 atom stereocenters. The van der Waals surface area contributed by atoms with Gasteiger partial charge in [0.05, 0.1) is 11.6 Å². The van der Waals surface area contributed by atoms with Crippen LogP contribution in [-0.2, 0) is 0 Å². The largest absolute Gasteiger partial charge is 0.343 e. The molecule has 0 radical (unpaired) electrons. The second-order valence-electron chi connectivity index (χ2n) is 3.86. The fourth-order valence-electron chi connectivity index (χ4n) is 1.46. The maximum absolute atomic E-state index is 13.3. The molecule has 0 fully saturated rings. The van der Waals surface area contributed by atoms with Crippen LogP contribution in [0.5, 0.6) is 0 Å². The molecule has 0 aliphatic carbocycles. The van der Waals surface area contributed by atoms with Gasteiger partial charge < -0.3 is 5.32 Å². The van der Waals surface area contributed by atoms with Crippen LogP contribution in [0.3, 0.4) is 0 Å². The smallest absolute Gasteiger partial charge is 0.256 e. The van der Waals surface area contributed by atoms with E-state index in [2.05, 4.69) is 15.3 Å². The number of nitrogens with one attached hydrogen (secondary N) is 1. The van der Waals surface area contributed by atoms with Gasteiger partial charge in [-0.15, -0.1) is 11.3 Å². The maximum atomic E-state index is 13.3. The summed E-state index contributed by atoms with van der Waals surface area (Å²) in [5, 5.41) is 5.40. The number of halogens is 1. The monoisotopic (exact) mass is 265 g/mol. The minimum absolute atomic E-state index is 0.0578. The Balaban J connectivity index is 2.10. The topological polar surface area (TPSA) is 54.9 Å².